The Labute approximate surface area is 225 Å². The van der Waals surface area contributed by atoms with Crippen molar-refractivity contribution in [1.82, 2.24) is 20.1 Å². The molecule has 0 fully saturated rings. The molecule has 1 aliphatic carbocycles. The monoisotopic (exact) mass is 528 g/mol. The maximum atomic E-state index is 12.4. The maximum Gasteiger partial charge on any atom is 0.267 e. The minimum absolute atomic E-state index is 0.257. The van der Waals surface area contributed by atoms with Crippen LogP contribution in [0.1, 0.15) is 40.3 Å². The third kappa shape index (κ3) is 5.79. The third-order valence-electron chi connectivity index (χ3n) is 7.22. The molecule has 4 aromatic rings. The van der Waals surface area contributed by atoms with Crippen LogP contribution < -0.4 is 10.2 Å². The van der Waals surface area contributed by atoms with Gasteiger partial charge in [-0.05, 0) is 78.4 Å². The van der Waals surface area contributed by atoms with Crippen molar-refractivity contribution in [3.8, 4) is 0 Å². The zero-order valence-electron chi connectivity index (χ0n) is 21.3. The number of H-pyrrole nitrogens is 1. The van der Waals surface area contributed by atoms with E-state index in [1.807, 2.05) is 30.3 Å². The van der Waals surface area contributed by atoms with E-state index in [0.29, 0.717) is 0 Å². The molecule has 0 radical (unpaired) electrons. The Balaban J connectivity index is 1.42. The van der Waals surface area contributed by atoms with Gasteiger partial charge < -0.3 is 4.98 Å². The molecule has 196 valence electrons. The molecular weight excluding hydrogens is 496 g/mol. The summed E-state index contributed by atoms with van der Waals surface area (Å²) in [4.78, 5) is 18.1. The van der Waals surface area contributed by atoms with Gasteiger partial charge in [0, 0.05) is 42.3 Å². The van der Waals surface area contributed by atoms with E-state index in [4.69, 9.17) is 5.21 Å². The molecule has 2 atom stereocenters. The highest BCUT2D eigenvalue weighted by molar-refractivity contribution is 7.83. The van der Waals surface area contributed by atoms with Crippen molar-refractivity contribution in [3.63, 3.8) is 0 Å². The minimum atomic E-state index is -1.23. The molecule has 8 heteroatoms. The molecule has 1 aromatic heterocycles. The Morgan fingerprint density at radius 1 is 1.16 bits per heavy atom. The summed E-state index contributed by atoms with van der Waals surface area (Å²) in [6.07, 6.45) is 8.03. The van der Waals surface area contributed by atoms with Crippen LogP contribution in [0.2, 0.25) is 0 Å². The number of hydroxylamine groups is 1. The largest absolute Gasteiger partial charge is 0.361 e. The van der Waals surface area contributed by atoms with E-state index in [2.05, 4.69) is 57.2 Å². The first-order valence-corrected chi connectivity index (χ1v) is 13.9. The van der Waals surface area contributed by atoms with Gasteiger partial charge in [-0.15, -0.1) is 0 Å². The molecule has 5 rings (SSSR count). The lowest BCUT2D eigenvalue weighted by Crippen LogP contribution is -2.29. The standard InChI is InChI=1S/C30H32N4O3S/c1-31-38(37)25-6-4-5-22(18-25)20-34(16-15-24-19-32-28-8-3-2-7-26(24)28)29-13-11-23-17-21(9-12-27(23)29)10-14-30(35)33-36/h2-10,12,14,17-19,29,31-32,36H,11,13,15-16,20H2,1H3,(H,33,35)/b14-10+. The maximum absolute atomic E-state index is 12.4. The number of carbonyl (C=O) groups is 1. The van der Waals surface area contributed by atoms with Crippen LogP contribution in [0, 0.1) is 0 Å². The number of aromatic nitrogens is 1. The van der Waals surface area contributed by atoms with Crippen LogP contribution in [-0.2, 0) is 35.2 Å². The van der Waals surface area contributed by atoms with Crippen LogP contribution in [0.25, 0.3) is 17.0 Å². The number of carbonyl (C=O) groups excluding carboxylic acids is 1. The number of fused-ring (bicyclic) bond motifs is 2. The lowest BCUT2D eigenvalue weighted by atomic mass is 10.0. The Bertz CT molecular complexity index is 1500. The molecular formula is C30H32N4O3S. The summed E-state index contributed by atoms with van der Waals surface area (Å²) in [5.41, 5.74) is 8.73. The van der Waals surface area contributed by atoms with Gasteiger partial charge >= 0.3 is 0 Å². The lowest BCUT2D eigenvalue weighted by Gasteiger charge is -2.30. The summed E-state index contributed by atoms with van der Waals surface area (Å²) in [5.74, 6) is -0.548. The van der Waals surface area contributed by atoms with Gasteiger partial charge in [0.15, 0.2) is 0 Å². The third-order valence-corrected chi connectivity index (χ3v) is 8.27. The molecule has 4 N–H and O–H groups in total. The number of hydrogen-bond acceptors (Lipinski definition) is 4. The minimum Gasteiger partial charge on any atom is -0.361 e. The zero-order valence-corrected chi connectivity index (χ0v) is 22.1. The second-order valence-electron chi connectivity index (χ2n) is 9.52. The van der Waals surface area contributed by atoms with Gasteiger partial charge in [0.1, 0.15) is 11.0 Å². The second-order valence-corrected chi connectivity index (χ2v) is 10.9. The summed E-state index contributed by atoms with van der Waals surface area (Å²) in [7, 11) is 0.470. The first-order chi connectivity index (χ1) is 18.6. The van der Waals surface area contributed by atoms with Crippen molar-refractivity contribution in [3.05, 3.63) is 107 Å². The first kappa shape index (κ1) is 26.1. The van der Waals surface area contributed by atoms with Crippen molar-refractivity contribution in [2.75, 3.05) is 13.6 Å². The Morgan fingerprint density at radius 3 is 2.87 bits per heavy atom. The molecule has 0 saturated carbocycles. The molecule has 3 aromatic carbocycles. The fourth-order valence-electron chi connectivity index (χ4n) is 5.37. The van der Waals surface area contributed by atoms with Gasteiger partial charge in [0.05, 0.1) is 4.90 Å². The highest BCUT2D eigenvalue weighted by Gasteiger charge is 2.28. The van der Waals surface area contributed by atoms with Crippen molar-refractivity contribution in [2.24, 2.45) is 0 Å². The molecule has 0 saturated heterocycles. The highest BCUT2D eigenvalue weighted by atomic mass is 32.2. The molecule has 0 spiro atoms. The molecule has 0 aliphatic heterocycles. The lowest BCUT2D eigenvalue weighted by molar-refractivity contribution is -0.124. The SMILES string of the molecule is CNS(=O)c1cccc(CN(CCc2c[nH]c3ccccc23)C2CCc3cc(/C=C/C(=O)NO)ccc32)c1. The average molecular weight is 529 g/mol. The van der Waals surface area contributed by atoms with E-state index in [-0.39, 0.29) is 6.04 Å². The highest BCUT2D eigenvalue weighted by Crippen LogP contribution is 2.37. The molecule has 0 bridgehead atoms. The topological polar surface area (TPSA) is 97.5 Å². The number of benzene rings is 3. The summed E-state index contributed by atoms with van der Waals surface area (Å²) in [6, 6.07) is 23.0. The van der Waals surface area contributed by atoms with Gasteiger partial charge in [0.2, 0.25) is 0 Å². The predicted octanol–water partition coefficient (Wildman–Crippen LogP) is 4.66. The number of aromatic amines is 1. The fourth-order valence-corrected chi connectivity index (χ4v) is 6.06. The van der Waals surface area contributed by atoms with Crippen LogP contribution in [0.5, 0.6) is 0 Å². The number of nitrogens with one attached hydrogen (secondary N) is 3. The second kappa shape index (κ2) is 11.9. The normalized spacial score (nSPS) is 15.8. The van der Waals surface area contributed by atoms with Crippen molar-refractivity contribution in [1.29, 1.82) is 0 Å². The zero-order chi connectivity index (χ0) is 26.5. The Kier molecular flexibility index (Phi) is 8.14. The quantitative estimate of drug-likeness (QED) is 0.137. The van der Waals surface area contributed by atoms with Crippen LogP contribution in [0.4, 0.5) is 0 Å². The van der Waals surface area contributed by atoms with E-state index < -0.39 is 16.9 Å². The van der Waals surface area contributed by atoms with E-state index in [0.717, 1.165) is 53.9 Å². The molecule has 38 heavy (non-hydrogen) atoms. The van der Waals surface area contributed by atoms with Crippen molar-refractivity contribution >= 4 is 33.9 Å². The van der Waals surface area contributed by atoms with Gasteiger partial charge in [-0.2, -0.15) is 0 Å². The first-order valence-electron chi connectivity index (χ1n) is 12.8. The van der Waals surface area contributed by atoms with Crippen molar-refractivity contribution < 1.29 is 14.2 Å². The van der Waals surface area contributed by atoms with E-state index >= 15 is 0 Å². The smallest absolute Gasteiger partial charge is 0.267 e. The van der Waals surface area contributed by atoms with E-state index in [9.17, 15) is 9.00 Å². The van der Waals surface area contributed by atoms with E-state index in [1.54, 1.807) is 18.6 Å². The molecule has 2 unspecified atom stereocenters. The summed E-state index contributed by atoms with van der Waals surface area (Å²) in [6.45, 7) is 1.63. The molecule has 1 amide bonds. The molecule has 1 aliphatic rings. The van der Waals surface area contributed by atoms with Crippen LogP contribution >= 0.6 is 0 Å². The molecule has 7 nitrogen and oxygen atoms in total. The Hall–Kier alpha value is -3.56. The average Bonchev–Trinajstić information content (AvgIpc) is 3.57. The number of hydrogen-bond donors (Lipinski definition) is 4. The number of nitrogens with zero attached hydrogens (tertiary/aromatic N) is 1. The van der Waals surface area contributed by atoms with Crippen molar-refractivity contribution in [2.45, 2.75) is 36.7 Å². The van der Waals surface area contributed by atoms with Crippen LogP contribution in [0.15, 0.2) is 83.9 Å². The summed E-state index contributed by atoms with van der Waals surface area (Å²) < 4.78 is 15.2. The summed E-state index contributed by atoms with van der Waals surface area (Å²) in [5, 5.41) is 10.0. The Morgan fingerprint density at radius 2 is 2.03 bits per heavy atom. The van der Waals surface area contributed by atoms with Gasteiger partial charge in [-0.3, -0.25) is 14.9 Å². The van der Waals surface area contributed by atoms with Crippen LogP contribution in [0.3, 0.4) is 0 Å². The fraction of sp³-hybridized carbons (Fsp3) is 0.233. The van der Waals surface area contributed by atoms with E-state index in [1.165, 1.54) is 28.2 Å². The summed E-state index contributed by atoms with van der Waals surface area (Å²) >= 11 is 0. The number of para-hydroxylation sites is 1. The van der Waals surface area contributed by atoms with Crippen LogP contribution in [-0.4, -0.2) is 38.8 Å². The predicted molar refractivity (Wildman–Crippen MR) is 151 cm³/mol. The van der Waals surface area contributed by atoms with Gasteiger partial charge in [-0.25, -0.2) is 14.4 Å². The van der Waals surface area contributed by atoms with Gasteiger partial charge in [0.25, 0.3) is 5.91 Å². The number of rotatable bonds is 10. The van der Waals surface area contributed by atoms with Gasteiger partial charge in [-0.1, -0.05) is 48.5 Å². The molecule has 1 heterocycles. The number of amides is 1. The number of aryl methyl sites for hydroxylation is 1.